The van der Waals surface area contributed by atoms with Crippen molar-refractivity contribution in [2.75, 3.05) is 17.2 Å². The van der Waals surface area contributed by atoms with Gasteiger partial charge in [-0.3, -0.25) is 9.59 Å². The fourth-order valence-electron chi connectivity index (χ4n) is 3.13. The molecule has 9 heteroatoms. The van der Waals surface area contributed by atoms with Crippen LogP contribution in [0.3, 0.4) is 0 Å². The van der Waals surface area contributed by atoms with Crippen LogP contribution in [0, 0.1) is 25.2 Å². The topological polar surface area (TPSA) is 91.2 Å². The van der Waals surface area contributed by atoms with Crippen LogP contribution in [0.4, 0.5) is 11.4 Å². The summed E-state index contributed by atoms with van der Waals surface area (Å²) in [6.07, 6.45) is 1.48. The smallest absolute Gasteiger partial charge is 0.266 e. The third-order valence-electron chi connectivity index (χ3n) is 4.80. The Hall–Kier alpha value is -3.12. The molecule has 0 saturated heterocycles. The molecule has 0 aliphatic heterocycles. The summed E-state index contributed by atoms with van der Waals surface area (Å²) in [5.41, 5.74) is 3.77. The zero-order chi connectivity index (χ0) is 25.5. The number of hydrogen-bond donors (Lipinski definition) is 2. The van der Waals surface area contributed by atoms with Crippen LogP contribution >= 0.6 is 43.5 Å². The predicted molar refractivity (Wildman–Crippen MR) is 146 cm³/mol. The Morgan fingerprint density at radius 2 is 1.69 bits per heavy atom. The molecule has 0 radical (unpaired) electrons. The van der Waals surface area contributed by atoms with Crippen LogP contribution in [0.1, 0.15) is 16.7 Å². The molecular formula is C26H20Br2ClN3O3. The first-order valence-corrected chi connectivity index (χ1v) is 12.3. The lowest BCUT2D eigenvalue weighted by Gasteiger charge is -2.12. The number of nitriles is 1. The molecule has 0 fully saturated rings. The SMILES string of the molecule is Cc1ccc(NC(=O)/C(C#N)=C/c2cc(Br)c(OCC(=O)Nc3ccc(Cl)cc3)c(Br)c2)c(C)c1. The minimum Gasteiger partial charge on any atom is -0.481 e. The van der Waals surface area contributed by atoms with E-state index in [4.69, 9.17) is 16.3 Å². The predicted octanol–water partition coefficient (Wildman–Crippen LogP) is 7.05. The molecule has 0 saturated carbocycles. The molecule has 178 valence electrons. The Balaban J connectivity index is 1.70. The second-order valence-electron chi connectivity index (χ2n) is 7.60. The highest BCUT2D eigenvalue weighted by Crippen LogP contribution is 2.35. The molecule has 0 aliphatic rings. The number of benzene rings is 3. The zero-order valence-electron chi connectivity index (χ0n) is 18.8. The molecule has 3 rings (SSSR count). The third kappa shape index (κ3) is 7.43. The molecule has 0 spiro atoms. The molecule has 0 atom stereocenters. The molecule has 3 aromatic carbocycles. The van der Waals surface area contributed by atoms with Crippen LogP contribution in [-0.2, 0) is 9.59 Å². The Morgan fingerprint density at radius 1 is 1.03 bits per heavy atom. The second kappa shape index (κ2) is 12.0. The summed E-state index contributed by atoms with van der Waals surface area (Å²) in [6, 6.07) is 17.7. The first-order chi connectivity index (χ1) is 16.7. The van der Waals surface area contributed by atoms with Crippen molar-refractivity contribution in [2.24, 2.45) is 0 Å². The number of anilines is 2. The van der Waals surface area contributed by atoms with Crippen LogP contribution < -0.4 is 15.4 Å². The van der Waals surface area contributed by atoms with Crippen LogP contribution in [0.15, 0.2) is 69.1 Å². The molecular weight excluding hydrogens is 598 g/mol. The lowest BCUT2D eigenvalue weighted by atomic mass is 10.1. The number of rotatable bonds is 7. The second-order valence-corrected chi connectivity index (χ2v) is 9.74. The minimum absolute atomic E-state index is 0.0558. The van der Waals surface area contributed by atoms with Crippen LogP contribution in [0.25, 0.3) is 6.08 Å². The van der Waals surface area contributed by atoms with Crippen LogP contribution in [0.2, 0.25) is 5.02 Å². The molecule has 0 bridgehead atoms. The number of aryl methyl sites for hydroxylation is 2. The third-order valence-corrected chi connectivity index (χ3v) is 6.23. The summed E-state index contributed by atoms with van der Waals surface area (Å²) >= 11 is 12.7. The van der Waals surface area contributed by atoms with Gasteiger partial charge in [-0.05, 0) is 105 Å². The number of halogens is 3. The molecule has 3 aromatic rings. The van der Waals surface area contributed by atoms with Gasteiger partial charge in [0.05, 0.1) is 8.95 Å². The maximum atomic E-state index is 12.7. The molecule has 35 heavy (non-hydrogen) atoms. The van der Waals surface area contributed by atoms with Gasteiger partial charge in [-0.15, -0.1) is 0 Å². The van der Waals surface area contributed by atoms with E-state index in [-0.39, 0.29) is 18.1 Å². The summed E-state index contributed by atoms with van der Waals surface area (Å²) < 4.78 is 6.76. The van der Waals surface area contributed by atoms with E-state index < -0.39 is 5.91 Å². The van der Waals surface area contributed by atoms with E-state index in [2.05, 4.69) is 42.5 Å². The van der Waals surface area contributed by atoms with Crippen LogP contribution in [0.5, 0.6) is 5.75 Å². The zero-order valence-corrected chi connectivity index (χ0v) is 22.7. The van der Waals surface area contributed by atoms with Gasteiger partial charge in [0.2, 0.25) is 0 Å². The van der Waals surface area contributed by atoms with E-state index in [0.29, 0.717) is 36.7 Å². The number of nitrogens with zero attached hydrogens (tertiary/aromatic N) is 1. The number of carbonyl (C=O) groups excluding carboxylic acids is 2. The Labute approximate surface area is 225 Å². The lowest BCUT2D eigenvalue weighted by Crippen LogP contribution is -2.20. The van der Waals surface area contributed by atoms with Gasteiger partial charge in [0, 0.05) is 16.4 Å². The summed E-state index contributed by atoms with van der Waals surface area (Å²) in [5, 5.41) is 15.6. The molecule has 0 aliphatic carbocycles. The summed E-state index contributed by atoms with van der Waals surface area (Å²) in [4.78, 5) is 24.9. The first kappa shape index (κ1) is 26.5. The van der Waals surface area contributed by atoms with Crippen molar-refractivity contribution < 1.29 is 14.3 Å². The van der Waals surface area contributed by atoms with Crippen molar-refractivity contribution in [3.8, 4) is 11.8 Å². The maximum absolute atomic E-state index is 12.7. The van der Waals surface area contributed by atoms with Gasteiger partial charge in [0.1, 0.15) is 17.4 Å². The lowest BCUT2D eigenvalue weighted by molar-refractivity contribution is -0.118. The van der Waals surface area contributed by atoms with E-state index in [1.807, 2.05) is 32.0 Å². The van der Waals surface area contributed by atoms with Gasteiger partial charge in [0.25, 0.3) is 11.8 Å². The summed E-state index contributed by atoms with van der Waals surface area (Å²) in [5.74, 6) is -0.442. The van der Waals surface area contributed by atoms with Crippen molar-refractivity contribution >= 4 is 72.7 Å². The van der Waals surface area contributed by atoms with Gasteiger partial charge in [-0.25, -0.2) is 0 Å². The first-order valence-electron chi connectivity index (χ1n) is 10.3. The fraction of sp³-hybridized carbons (Fsp3) is 0.115. The van der Waals surface area contributed by atoms with E-state index in [0.717, 1.165) is 11.1 Å². The van der Waals surface area contributed by atoms with E-state index >= 15 is 0 Å². The average Bonchev–Trinajstić information content (AvgIpc) is 2.80. The number of ether oxygens (including phenoxy) is 1. The highest BCUT2D eigenvalue weighted by atomic mass is 79.9. The van der Waals surface area contributed by atoms with Crippen molar-refractivity contribution in [2.45, 2.75) is 13.8 Å². The Morgan fingerprint density at radius 3 is 2.29 bits per heavy atom. The number of hydrogen-bond acceptors (Lipinski definition) is 4. The van der Waals surface area contributed by atoms with Gasteiger partial charge in [-0.1, -0.05) is 29.3 Å². The number of nitrogens with one attached hydrogen (secondary N) is 2. The fourth-order valence-corrected chi connectivity index (χ4v) is 4.70. The summed E-state index contributed by atoms with van der Waals surface area (Å²) in [7, 11) is 0. The van der Waals surface area contributed by atoms with Crippen molar-refractivity contribution in [3.05, 3.63) is 90.8 Å². The van der Waals surface area contributed by atoms with Crippen molar-refractivity contribution in [3.63, 3.8) is 0 Å². The molecule has 0 heterocycles. The monoisotopic (exact) mass is 615 g/mol. The quantitative estimate of drug-likeness (QED) is 0.220. The van der Waals surface area contributed by atoms with Gasteiger partial charge < -0.3 is 15.4 Å². The highest BCUT2D eigenvalue weighted by Gasteiger charge is 2.14. The normalized spacial score (nSPS) is 10.9. The van der Waals surface area contributed by atoms with E-state index in [9.17, 15) is 14.9 Å². The molecule has 6 nitrogen and oxygen atoms in total. The minimum atomic E-state index is -0.508. The van der Waals surface area contributed by atoms with E-state index in [1.165, 1.54) is 6.08 Å². The molecule has 2 amide bonds. The largest absolute Gasteiger partial charge is 0.481 e. The molecule has 0 aromatic heterocycles. The number of amides is 2. The Bertz CT molecular complexity index is 1330. The van der Waals surface area contributed by atoms with Gasteiger partial charge >= 0.3 is 0 Å². The molecule has 0 unspecified atom stereocenters. The number of carbonyl (C=O) groups is 2. The van der Waals surface area contributed by atoms with Crippen molar-refractivity contribution in [1.82, 2.24) is 0 Å². The van der Waals surface area contributed by atoms with Crippen molar-refractivity contribution in [1.29, 1.82) is 5.26 Å². The molecule has 2 N–H and O–H groups in total. The van der Waals surface area contributed by atoms with Gasteiger partial charge in [0.15, 0.2) is 6.61 Å². The highest BCUT2D eigenvalue weighted by molar-refractivity contribution is 9.11. The standard InChI is InChI=1S/C26H20Br2ClN3O3/c1-15-3-8-23(16(2)9-15)32-26(34)18(13-30)10-17-11-21(27)25(22(28)12-17)35-14-24(33)31-20-6-4-19(29)5-7-20/h3-12H,14H2,1-2H3,(H,31,33)(H,32,34)/b18-10+. The van der Waals surface area contributed by atoms with Gasteiger partial charge in [-0.2, -0.15) is 5.26 Å². The maximum Gasteiger partial charge on any atom is 0.266 e. The average molecular weight is 618 g/mol. The van der Waals surface area contributed by atoms with Crippen LogP contribution in [-0.4, -0.2) is 18.4 Å². The Kier molecular flexibility index (Phi) is 9.10. The summed E-state index contributed by atoms with van der Waals surface area (Å²) in [6.45, 7) is 3.63. The van der Waals surface area contributed by atoms with E-state index in [1.54, 1.807) is 42.5 Å².